The smallest absolute Gasteiger partial charge is 0.0170 e. The highest BCUT2D eigenvalue weighted by Gasteiger charge is 2.16. The van der Waals surface area contributed by atoms with E-state index in [0.29, 0.717) is 6.04 Å². The third kappa shape index (κ3) is 8.32. The van der Waals surface area contributed by atoms with Crippen LogP contribution in [0.5, 0.6) is 0 Å². The quantitative estimate of drug-likeness (QED) is 0.839. The molecule has 0 radical (unpaired) electrons. The summed E-state index contributed by atoms with van der Waals surface area (Å²) in [6.45, 7) is 1.04. The van der Waals surface area contributed by atoms with Crippen LogP contribution < -0.4 is 5.73 Å². The van der Waals surface area contributed by atoms with Crippen molar-refractivity contribution in [1.29, 1.82) is 0 Å². The Balaban J connectivity index is 0. The predicted molar refractivity (Wildman–Crippen MR) is 72.2 cm³/mol. The fourth-order valence-corrected chi connectivity index (χ4v) is 2.39. The van der Waals surface area contributed by atoms with E-state index in [0.717, 1.165) is 12.5 Å². The van der Waals surface area contributed by atoms with Crippen molar-refractivity contribution < 1.29 is 0 Å². The molecule has 0 heterocycles. The first-order valence-electron chi connectivity index (χ1n) is 5.59. The molecule has 0 unspecified atom stereocenters. The van der Waals surface area contributed by atoms with Gasteiger partial charge in [-0.3, -0.25) is 0 Å². The maximum atomic E-state index is 6.06. The van der Waals surface area contributed by atoms with Crippen LogP contribution in [0, 0.1) is 5.92 Å². The highest BCUT2D eigenvalue weighted by atomic mass is 35.5. The highest BCUT2D eigenvalue weighted by molar-refractivity contribution is 5.85. The average Bonchev–Trinajstić information content (AvgIpc) is 2.04. The zero-order chi connectivity index (χ0) is 9.68. The summed E-state index contributed by atoms with van der Waals surface area (Å²) in [5.41, 5.74) is 6.06. The Labute approximate surface area is 107 Å². The summed E-state index contributed by atoms with van der Waals surface area (Å²) in [5, 5.41) is 0. The predicted octanol–water partition coefficient (Wildman–Crippen LogP) is 2.69. The highest BCUT2D eigenvalue weighted by Crippen LogP contribution is 2.26. The van der Waals surface area contributed by atoms with Crippen LogP contribution in [-0.4, -0.2) is 31.6 Å². The average molecular weight is 257 g/mol. The molecule has 0 aromatic rings. The van der Waals surface area contributed by atoms with E-state index in [2.05, 4.69) is 19.0 Å². The SMILES string of the molecule is CN(C)C[C@@H](N)CC1CCCCC1.Cl.Cl. The second-order valence-electron chi connectivity index (χ2n) is 4.76. The fraction of sp³-hybridized carbons (Fsp3) is 1.00. The van der Waals surface area contributed by atoms with Crippen molar-refractivity contribution in [1.82, 2.24) is 4.90 Å². The number of halogens is 2. The lowest BCUT2D eigenvalue weighted by Gasteiger charge is -2.25. The molecular weight excluding hydrogens is 231 g/mol. The van der Waals surface area contributed by atoms with Gasteiger partial charge in [-0.2, -0.15) is 0 Å². The van der Waals surface area contributed by atoms with Crippen LogP contribution in [0.4, 0.5) is 0 Å². The molecular formula is C11H26Cl2N2. The van der Waals surface area contributed by atoms with Gasteiger partial charge in [0.25, 0.3) is 0 Å². The normalized spacial score (nSPS) is 19.2. The Morgan fingerprint density at radius 2 is 1.67 bits per heavy atom. The van der Waals surface area contributed by atoms with Gasteiger partial charge in [0.05, 0.1) is 0 Å². The summed E-state index contributed by atoms with van der Waals surface area (Å²) in [6, 6.07) is 0.387. The number of likely N-dealkylation sites (N-methyl/N-ethyl adjacent to an activating group) is 1. The zero-order valence-corrected chi connectivity index (χ0v) is 11.6. The molecule has 0 saturated heterocycles. The van der Waals surface area contributed by atoms with E-state index in [1.807, 2.05) is 0 Å². The molecule has 1 rings (SSSR count). The van der Waals surface area contributed by atoms with Crippen molar-refractivity contribution in [2.75, 3.05) is 20.6 Å². The molecule has 1 atom stereocenters. The van der Waals surface area contributed by atoms with Crippen LogP contribution in [0.15, 0.2) is 0 Å². The topological polar surface area (TPSA) is 29.3 Å². The molecule has 15 heavy (non-hydrogen) atoms. The van der Waals surface area contributed by atoms with Gasteiger partial charge in [-0.05, 0) is 26.4 Å². The second-order valence-corrected chi connectivity index (χ2v) is 4.76. The van der Waals surface area contributed by atoms with E-state index in [9.17, 15) is 0 Å². The van der Waals surface area contributed by atoms with Crippen molar-refractivity contribution >= 4 is 24.8 Å². The van der Waals surface area contributed by atoms with E-state index in [1.165, 1.54) is 38.5 Å². The largest absolute Gasteiger partial charge is 0.327 e. The summed E-state index contributed by atoms with van der Waals surface area (Å²) in [4.78, 5) is 2.19. The Bertz CT molecular complexity index is 137. The van der Waals surface area contributed by atoms with Gasteiger partial charge in [-0.25, -0.2) is 0 Å². The van der Waals surface area contributed by atoms with Gasteiger partial charge in [0, 0.05) is 12.6 Å². The maximum absolute atomic E-state index is 6.06. The van der Waals surface area contributed by atoms with Gasteiger partial charge >= 0.3 is 0 Å². The monoisotopic (exact) mass is 256 g/mol. The van der Waals surface area contributed by atoms with E-state index < -0.39 is 0 Å². The minimum atomic E-state index is 0. The lowest BCUT2D eigenvalue weighted by molar-refractivity contribution is 0.284. The molecule has 1 fully saturated rings. The summed E-state index contributed by atoms with van der Waals surface area (Å²) in [5.74, 6) is 0.920. The van der Waals surface area contributed by atoms with Crippen molar-refractivity contribution in [2.24, 2.45) is 11.7 Å². The third-order valence-corrected chi connectivity index (χ3v) is 2.96. The van der Waals surface area contributed by atoms with Crippen LogP contribution in [0.2, 0.25) is 0 Å². The standard InChI is InChI=1S/C11H24N2.2ClH/c1-13(2)9-11(12)8-10-6-4-3-5-7-10;;/h10-11H,3-9,12H2,1-2H3;2*1H/t11-;;/m0../s1. The van der Waals surface area contributed by atoms with Crippen LogP contribution in [0.25, 0.3) is 0 Å². The van der Waals surface area contributed by atoms with Crippen LogP contribution in [0.1, 0.15) is 38.5 Å². The molecule has 2 nitrogen and oxygen atoms in total. The minimum Gasteiger partial charge on any atom is -0.327 e. The molecule has 1 aliphatic rings. The van der Waals surface area contributed by atoms with Crippen molar-refractivity contribution in [2.45, 2.75) is 44.6 Å². The van der Waals surface area contributed by atoms with E-state index in [1.54, 1.807) is 0 Å². The number of hydrogen-bond acceptors (Lipinski definition) is 2. The molecule has 0 aliphatic heterocycles. The molecule has 1 saturated carbocycles. The van der Waals surface area contributed by atoms with Gasteiger partial charge < -0.3 is 10.6 Å². The Hall–Kier alpha value is 0.500. The third-order valence-electron chi connectivity index (χ3n) is 2.96. The van der Waals surface area contributed by atoms with E-state index in [4.69, 9.17) is 5.73 Å². The molecule has 0 aromatic heterocycles. The minimum absolute atomic E-state index is 0. The molecule has 0 spiro atoms. The Kier molecular flexibility index (Phi) is 11.6. The summed E-state index contributed by atoms with van der Waals surface area (Å²) in [6.07, 6.45) is 8.37. The van der Waals surface area contributed by atoms with Crippen LogP contribution >= 0.6 is 24.8 Å². The van der Waals surface area contributed by atoms with E-state index in [-0.39, 0.29) is 24.8 Å². The van der Waals surface area contributed by atoms with E-state index >= 15 is 0 Å². The van der Waals surface area contributed by atoms with Gasteiger partial charge in [0.1, 0.15) is 0 Å². The first kappa shape index (κ1) is 17.9. The van der Waals surface area contributed by atoms with Gasteiger partial charge in [-0.1, -0.05) is 32.1 Å². The number of hydrogen-bond donors (Lipinski definition) is 1. The summed E-state index contributed by atoms with van der Waals surface area (Å²) < 4.78 is 0. The first-order valence-corrected chi connectivity index (χ1v) is 5.59. The molecule has 1 aliphatic carbocycles. The molecule has 2 N–H and O–H groups in total. The van der Waals surface area contributed by atoms with Crippen molar-refractivity contribution in [3.63, 3.8) is 0 Å². The maximum Gasteiger partial charge on any atom is 0.0170 e. The van der Waals surface area contributed by atoms with Crippen LogP contribution in [-0.2, 0) is 0 Å². The molecule has 0 aromatic carbocycles. The number of nitrogens with zero attached hydrogens (tertiary/aromatic N) is 1. The Morgan fingerprint density at radius 3 is 2.13 bits per heavy atom. The first-order chi connectivity index (χ1) is 6.18. The molecule has 94 valence electrons. The van der Waals surface area contributed by atoms with Crippen LogP contribution in [0.3, 0.4) is 0 Å². The number of rotatable bonds is 4. The fourth-order valence-electron chi connectivity index (χ4n) is 2.39. The van der Waals surface area contributed by atoms with Gasteiger partial charge in [0.2, 0.25) is 0 Å². The summed E-state index contributed by atoms with van der Waals surface area (Å²) in [7, 11) is 4.20. The van der Waals surface area contributed by atoms with Crippen molar-refractivity contribution in [3.8, 4) is 0 Å². The molecule has 0 amide bonds. The second kappa shape index (κ2) is 9.71. The molecule has 0 bridgehead atoms. The number of nitrogens with two attached hydrogens (primary N) is 1. The summed E-state index contributed by atoms with van der Waals surface area (Å²) >= 11 is 0. The molecule has 4 heteroatoms. The lowest BCUT2D eigenvalue weighted by atomic mass is 9.85. The van der Waals surface area contributed by atoms with Gasteiger partial charge in [0.15, 0.2) is 0 Å². The Morgan fingerprint density at radius 1 is 1.13 bits per heavy atom. The van der Waals surface area contributed by atoms with Gasteiger partial charge in [-0.15, -0.1) is 24.8 Å². The van der Waals surface area contributed by atoms with Crippen molar-refractivity contribution in [3.05, 3.63) is 0 Å². The zero-order valence-electron chi connectivity index (χ0n) is 9.95. The lowest BCUT2D eigenvalue weighted by Crippen LogP contribution is -2.35.